The van der Waals surface area contributed by atoms with Crippen molar-refractivity contribution in [3.05, 3.63) is 95.6 Å². The number of rotatable bonds is 6. The normalized spacial score (nSPS) is 10.8. The van der Waals surface area contributed by atoms with Gasteiger partial charge in [0.2, 0.25) is 0 Å². The SMILES string of the molecule is CC(C)(C)c1ccc(C(=O)NC(=O)COC(=O)c2ccccc2Oc2ccccc2)cc1. The number of hydrogen-bond acceptors (Lipinski definition) is 5. The van der Waals surface area contributed by atoms with Gasteiger partial charge < -0.3 is 9.47 Å². The van der Waals surface area contributed by atoms with Crippen molar-refractivity contribution in [2.45, 2.75) is 26.2 Å². The first kappa shape index (κ1) is 22.7. The standard InChI is InChI=1S/C26H25NO5/c1-26(2,3)19-15-13-18(14-16-19)24(29)27-23(28)17-31-25(30)21-11-7-8-12-22(21)32-20-9-5-4-6-10-20/h4-16H,17H2,1-3H3,(H,27,28,29). The van der Waals surface area contributed by atoms with Gasteiger partial charge in [0.05, 0.1) is 0 Å². The van der Waals surface area contributed by atoms with Gasteiger partial charge in [0, 0.05) is 5.56 Å². The molecule has 0 saturated heterocycles. The van der Waals surface area contributed by atoms with Crippen molar-refractivity contribution in [2.75, 3.05) is 6.61 Å². The molecule has 0 heterocycles. The highest BCUT2D eigenvalue weighted by atomic mass is 16.5. The van der Waals surface area contributed by atoms with Crippen LogP contribution in [-0.4, -0.2) is 24.4 Å². The zero-order valence-corrected chi connectivity index (χ0v) is 18.3. The van der Waals surface area contributed by atoms with Crippen LogP contribution in [0.2, 0.25) is 0 Å². The first-order chi connectivity index (χ1) is 15.2. The van der Waals surface area contributed by atoms with E-state index in [0.29, 0.717) is 17.1 Å². The summed E-state index contributed by atoms with van der Waals surface area (Å²) in [6, 6.07) is 22.6. The summed E-state index contributed by atoms with van der Waals surface area (Å²) in [5.41, 5.74) is 1.55. The van der Waals surface area contributed by atoms with Crippen LogP contribution in [0.5, 0.6) is 11.5 Å². The molecule has 0 fully saturated rings. The Balaban J connectivity index is 1.57. The van der Waals surface area contributed by atoms with Crippen LogP contribution in [0, 0.1) is 0 Å². The highest BCUT2D eigenvalue weighted by Gasteiger charge is 2.18. The number of esters is 1. The monoisotopic (exact) mass is 431 g/mol. The van der Waals surface area contributed by atoms with E-state index in [1.165, 1.54) is 0 Å². The van der Waals surface area contributed by atoms with Gasteiger partial charge in [0.25, 0.3) is 11.8 Å². The molecular formula is C26H25NO5. The van der Waals surface area contributed by atoms with Gasteiger partial charge in [-0.1, -0.05) is 63.2 Å². The maximum absolute atomic E-state index is 12.5. The minimum Gasteiger partial charge on any atom is -0.456 e. The molecule has 0 aliphatic rings. The molecule has 0 atom stereocenters. The summed E-state index contributed by atoms with van der Waals surface area (Å²) in [6.45, 7) is 5.62. The third-order valence-electron chi connectivity index (χ3n) is 4.68. The minimum atomic E-state index is -0.728. The highest BCUT2D eigenvalue weighted by molar-refractivity contribution is 6.05. The van der Waals surface area contributed by atoms with Gasteiger partial charge in [-0.25, -0.2) is 4.79 Å². The summed E-state index contributed by atoms with van der Waals surface area (Å²) in [7, 11) is 0. The Bertz CT molecular complexity index is 1100. The number of imide groups is 1. The van der Waals surface area contributed by atoms with Crippen molar-refractivity contribution >= 4 is 17.8 Å². The van der Waals surface area contributed by atoms with E-state index in [-0.39, 0.29) is 11.0 Å². The van der Waals surface area contributed by atoms with Crippen LogP contribution in [0.25, 0.3) is 0 Å². The quantitative estimate of drug-likeness (QED) is 0.562. The lowest BCUT2D eigenvalue weighted by atomic mass is 9.87. The lowest BCUT2D eigenvalue weighted by Gasteiger charge is -2.19. The summed E-state index contributed by atoms with van der Waals surface area (Å²) in [6.07, 6.45) is 0. The van der Waals surface area contributed by atoms with Gasteiger partial charge in [0.15, 0.2) is 6.61 Å². The Morgan fingerprint density at radius 1 is 0.812 bits per heavy atom. The summed E-state index contributed by atoms with van der Waals surface area (Å²) in [5.74, 6) is -1.13. The van der Waals surface area contributed by atoms with Gasteiger partial charge in [-0.15, -0.1) is 0 Å². The molecule has 0 aliphatic heterocycles. The Morgan fingerprint density at radius 3 is 2.09 bits per heavy atom. The highest BCUT2D eigenvalue weighted by Crippen LogP contribution is 2.25. The van der Waals surface area contributed by atoms with E-state index in [0.717, 1.165) is 5.56 Å². The van der Waals surface area contributed by atoms with Crippen molar-refractivity contribution in [2.24, 2.45) is 0 Å². The van der Waals surface area contributed by atoms with Crippen LogP contribution in [0.3, 0.4) is 0 Å². The van der Waals surface area contributed by atoms with E-state index in [4.69, 9.17) is 9.47 Å². The molecule has 164 valence electrons. The fourth-order valence-electron chi connectivity index (χ4n) is 2.91. The zero-order valence-electron chi connectivity index (χ0n) is 18.3. The molecule has 0 aliphatic carbocycles. The molecule has 3 rings (SSSR count). The van der Waals surface area contributed by atoms with Crippen LogP contribution < -0.4 is 10.1 Å². The average Bonchev–Trinajstić information content (AvgIpc) is 2.78. The summed E-state index contributed by atoms with van der Waals surface area (Å²) in [4.78, 5) is 36.9. The molecule has 0 saturated carbocycles. The maximum atomic E-state index is 12.5. The van der Waals surface area contributed by atoms with E-state index in [1.54, 1.807) is 48.5 Å². The summed E-state index contributed by atoms with van der Waals surface area (Å²) >= 11 is 0. The fourth-order valence-corrected chi connectivity index (χ4v) is 2.91. The summed E-state index contributed by atoms with van der Waals surface area (Å²) < 4.78 is 10.8. The van der Waals surface area contributed by atoms with Crippen molar-refractivity contribution in [1.29, 1.82) is 0 Å². The number of carbonyl (C=O) groups is 3. The van der Waals surface area contributed by atoms with Gasteiger partial charge >= 0.3 is 5.97 Å². The Labute approximate surface area is 187 Å². The Kier molecular flexibility index (Phi) is 7.05. The van der Waals surface area contributed by atoms with Gasteiger partial charge in [-0.2, -0.15) is 0 Å². The molecule has 6 heteroatoms. The van der Waals surface area contributed by atoms with Crippen LogP contribution >= 0.6 is 0 Å². The minimum absolute atomic E-state index is 0.0421. The van der Waals surface area contributed by atoms with Crippen molar-refractivity contribution in [3.63, 3.8) is 0 Å². The fraction of sp³-hybridized carbons (Fsp3) is 0.192. The van der Waals surface area contributed by atoms with Crippen LogP contribution in [0.4, 0.5) is 0 Å². The second-order valence-electron chi connectivity index (χ2n) is 8.19. The molecule has 32 heavy (non-hydrogen) atoms. The van der Waals surface area contributed by atoms with E-state index < -0.39 is 24.4 Å². The lowest BCUT2D eigenvalue weighted by Crippen LogP contribution is -2.34. The number of amides is 2. The molecule has 3 aromatic carbocycles. The van der Waals surface area contributed by atoms with Crippen LogP contribution in [0.1, 0.15) is 47.1 Å². The first-order valence-electron chi connectivity index (χ1n) is 10.2. The number of ether oxygens (including phenoxy) is 2. The third-order valence-corrected chi connectivity index (χ3v) is 4.68. The molecule has 0 aromatic heterocycles. The van der Waals surface area contributed by atoms with Gasteiger partial charge in [-0.3, -0.25) is 14.9 Å². The Morgan fingerprint density at radius 2 is 1.44 bits per heavy atom. The zero-order chi connectivity index (χ0) is 23.1. The van der Waals surface area contributed by atoms with Crippen LogP contribution in [0.15, 0.2) is 78.9 Å². The molecule has 0 radical (unpaired) electrons. The summed E-state index contributed by atoms with van der Waals surface area (Å²) in [5, 5.41) is 2.23. The molecule has 1 N–H and O–H groups in total. The number of hydrogen-bond donors (Lipinski definition) is 1. The number of nitrogens with one attached hydrogen (secondary N) is 1. The predicted octanol–water partition coefficient (Wildman–Crippen LogP) is 4.89. The van der Waals surface area contributed by atoms with E-state index in [1.807, 2.05) is 30.3 Å². The topological polar surface area (TPSA) is 81.7 Å². The number of benzene rings is 3. The molecule has 0 spiro atoms. The first-order valence-corrected chi connectivity index (χ1v) is 10.2. The van der Waals surface area contributed by atoms with Gasteiger partial charge in [0.1, 0.15) is 17.1 Å². The molecule has 0 bridgehead atoms. The van der Waals surface area contributed by atoms with Crippen LogP contribution in [-0.2, 0) is 14.9 Å². The van der Waals surface area contributed by atoms with E-state index in [2.05, 4.69) is 26.1 Å². The largest absolute Gasteiger partial charge is 0.456 e. The van der Waals surface area contributed by atoms with Gasteiger partial charge in [-0.05, 0) is 47.4 Å². The van der Waals surface area contributed by atoms with E-state index >= 15 is 0 Å². The van der Waals surface area contributed by atoms with Crippen molar-refractivity contribution in [3.8, 4) is 11.5 Å². The van der Waals surface area contributed by atoms with Crippen molar-refractivity contribution < 1.29 is 23.9 Å². The molecule has 3 aromatic rings. The predicted molar refractivity (Wildman–Crippen MR) is 121 cm³/mol. The van der Waals surface area contributed by atoms with Crippen molar-refractivity contribution in [1.82, 2.24) is 5.32 Å². The molecule has 6 nitrogen and oxygen atoms in total. The van der Waals surface area contributed by atoms with E-state index in [9.17, 15) is 14.4 Å². The molecule has 2 amide bonds. The third kappa shape index (κ3) is 6.04. The molecular weight excluding hydrogens is 406 g/mol. The second kappa shape index (κ2) is 9.92. The Hall–Kier alpha value is -3.93. The average molecular weight is 431 g/mol. The maximum Gasteiger partial charge on any atom is 0.342 e. The number of carbonyl (C=O) groups excluding carboxylic acids is 3. The lowest BCUT2D eigenvalue weighted by molar-refractivity contribution is -0.123. The second-order valence-corrected chi connectivity index (χ2v) is 8.19. The molecule has 0 unspecified atom stereocenters. The smallest absolute Gasteiger partial charge is 0.342 e. The number of para-hydroxylation sites is 2.